The molecular formula is C40H40N2O. The Labute approximate surface area is 255 Å². The van der Waals surface area contributed by atoms with E-state index in [0.29, 0.717) is 12.8 Å². The van der Waals surface area contributed by atoms with Crippen LogP contribution in [0.1, 0.15) is 45.5 Å². The summed E-state index contributed by atoms with van der Waals surface area (Å²) in [7, 11) is 0. The molecule has 1 aliphatic carbocycles. The van der Waals surface area contributed by atoms with Gasteiger partial charge < -0.3 is 9.80 Å². The molecule has 0 N–H and O–H groups in total. The fourth-order valence-electron chi connectivity index (χ4n) is 7.52. The van der Waals surface area contributed by atoms with Crippen molar-refractivity contribution in [3.8, 4) is 0 Å². The highest BCUT2D eigenvalue weighted by Crippen LogP contribution is 2.48. The molecule has 43 heavy (non-hydrogen) atoms. The first-order valence-electron chi connectivity index (χ1n) is 15.9. The highest BCUT2D eigenvalue weighted by atomic mass is 16.1. The molecule has 0 spiro atoms. The Morgan fingerprint density at radius 2 is 1.26 bits per heavy atom. The second-order valence-corrected chi connectivity index (χ2v) is 12.4. The predicted octanol–water partition coefficient (Wildman–Crippen LogP) is 7.90. The number of hydrogen-bond acceptors (Lipinski definition) is 3. The van der Waals surface area contributed by atoms with E-state index in [2.05, 4.69) is 131 Å². The fraction of sp³-hybridized carbons (Fsp3) is 0.275. The first-order chi connectivity index (χ1) is 21.2. The van der Waals surface area contributed by atoms with Crippen LogP contribution in [0.2, 0.25) is 0 Å². The Kier molecular flexibility index (Phi) is 7.82. The van der Waals surface area contributed by atoms with Crippen molar-refractivity contribution in [3.05, 3.63) is 149 Å². The summed E-state index contributed by atoms with van der Waals surface area (Å²) in [6.07, 6.45) is 4.88. The fourth-order valence-corrected chi connectivity index (χ4v) is 7.52. The Morgan fingerprint density at radius 1 is 0.605 bits per heavy atom. The molecule has 0 unspecified atom stereocenters. The van der Waals surface area contributed by atoms with E-state index in [-0.39, 0.29) is 5.78 Å². The third-order valence-electron chi connectivity index (χ3n) is 9.62. The lowest BCUT2D eigenvalue weighted by Crippen LogP contribution is -2.37. The van der Waals surface area contributed by atoms with E-state index >= 15 is 0 Å². The minimum absolute atomic E-state index is 0.262. The van der Waals surface area contributed by atoms with Gasteiger partial charge in [-0.25, -0.2) is 0 Å². The van der Waals surface area contributed by atoms with Gasteiger partial charge in [-0.15, -0.1) is 0 Å². The van der Waals surface area contributed by atoms with Gasteiger partial charge in [0.15, 0.2) is 5.78 Å². The van der Waals surface area contributed by atoms with E-state index < -0.39 is 5.41 Å². The summed E-state index contributed by atoms with van der Waals surface area (Å²) in [5, 5.41) is 2.39. The van der Waals surface area contributed by atoms with Gasteiger partial charge in [0.2, 0.25) is 0 Å². The number of nitrogens with zero attached hydrogens (tertiary/aromatic N) is 2. The number of hydrogen-bond donors (Lipinski definition) is 0. The Balaban J connectivity index is 1.18. The quantitative estimate of drug-likeness (QED) is 0.182. The van der Waals surface area contributed by atoms with E-state index in [1.165, 1.54) is 45.1 Å². The lowest BCUT2D eigenvalue weighted by atomic mass is 9.71. The monoisotopic (exact) mass is 564 g/mol. The third-order valence-corrected chi connectivity index (χ3v) is 9.62. The minimum atomic E-state index is -0.614. The maximum absolute atomic E-state index is 14.6. The van der Waals surface area contributed by atoms with Crippen LogP contribution in [-0.2, 0) is 24.7 Å². The van der Waals surface area contributed by atoms with Gasteiger partial charge in [-0.05, 0) is 78.9 Å². The molecule has 0 aromatic heterocycles. The number of carbonyl (C=O) groups is 1. The zero-order valence-corrected chi connectivity index (χ0v) is 24.9. The van der Waals surface area contributed by atoms with Crippen LogP contribution in [0, 0.1) is 0 Å². The van der Waals surface area contributed by atoms with Gasteiger partial charge in [0.25, 0.3) is 0 Å². The maximum atomic E-state index is 14.6. The summed E-state index contributed by atoms with van der Waals surface area (Å²) in [4.78, 5) is 19.8. The smallest absolute Gasteiger partial charge is 0.174 e. The molecule has 5 aromatic rings. The molecule has 3 nitrogen and oxygen atoms in total. The largest absolute Gasteiger partial charge is 0.370 e. The number of ketones is 1. The molecule has 216 valence electrons. The summed E-state index contributed by atoms with van der Waals surface area (Å²) in [5.41, 5.74) is 6.58. The first kappa shape index (κ1) is 27.6. The molecule has 1 fully saturated rings. The van der Waals surface area contributed by atoms with Crippen molar-refractivity contribution >= 4 is 22.2 Å². The average molecular weight is 565 g/mol. The van der Waals surface area contributed by atoms with Crippen LogP contribution in [0.15, 0.2) is 121 Å². The summed E-state index contributed by atoms with van der Waals surface area (Å²) >= 11 is 0. The van der Waals surface area contributed by atoms with E-state index in [4.69, 9.17) is 0 Å². The molecule has 5 aromatic carbocycles. The van der Waals surface area contributed by atoms with Crippen LogP contribution in [0.3, 0.4) is 0 Å². The van der Waals surface area contributed by atoms with E-state index in [0.717, 1.165) is 51.1 Å². The highest BCUT2D eigenvalue weighted by molar-refractivity contribution is 6.22. The number of anilines is 1. The lowest BCUT2D eigenvalue weighted by Gasteiger charge is -2.31. The number of carbonyl (C=O) groups excluding carboxylic acids is 1. The van der Waals surface area contributed by atoms with Crippen molar-refractivity contribution in [2.75, 3.05) is 37.6 Å². The lowest BCUT2D eigenvalue weighted by molar-refractivity contribution is 0.0892. The Morgan fingerprint density at radius 3 is 1.93 bits per heavy atom. The topological polar surface area (TPSA) is 23.6 Å². The molecule has 7 rings (SSSR count). The Bertz CT molecular complexity index is 1660. The van der Waals surface area contributed by atoms with E-state index in [1.54, 1.807) is 0 Å². The summed E-state index contributed by atoms with van der Waals surface area (Å²) in [6, 6.07) is 42.9. The molecule has 0 bridgehead atoms. The molecule has 0 radical (unpaired) electrons. The van der Waals surface area contributed by atoms with Gasteiger partial charge in [-0.2, -0.15) is 0 Å². The van der Waals surface area contributed by atoms with E-state index in [1.807, 2.05) is 0 Å². The van der Waals surface area contributed by atoms with Crippen LogP contribution in [-0.4, -0.2) is 43.4 Å². The number of rotatable bonds is 9. The summed E-state index contributed by atoms with van der Waals surface area (Å²) in [6.45, 7) is 5.41. The molecule has 0 saturated carbocycles. The minimum Gasteiger partial charge on any atom is -0.370 e. The SMILES string of the molecule is O=C1c2cccc3c(N4CCCN(CCCc5ccccc5)CC4)ccc(c23)C1(Cc1ccccc1)Cc1ccccc1. The van der Waals surface area contributed by atoms with Crippen molar-refractivity contribution in [1.82, 2.24) is 4.90 Å². The zero-order valence-electron chi connectivity index (χ0n) is 24.9. The molecular weight excluding hydrogens is 524 g/mol. The number of benzene rings is 5. The van der Waals surface area contributed by atoms with Gasteiger partial charge in [0.05, 0.1) is 5.41 Å². The third kappa shape index (κ3) is 5.50. The second-order valence-electron chi connectivity index (χ2n) is 12.4. The van der Waals surface area contributed by atoms with Crippen LogP contribution in [0.5, 0.6) is 0 Å². The molecule has 1 aliphatic heterocycles. The van der Waals surface area contributed by atoms with Crippen LogP contribution in [0.25, 0.3) is 10.8 Å². The Hall–Kier alpha value is -4.21. The zero-order chi connectivity index (χ0) is 29.1. The van der Waals surface area contributed by atoms with Crippen molar-refractivity contribution in [2.24, 2.45) is 0 Å². The molecule has 3 heteroatoms. The van der Waals surface area contributed by atoms with Crippen molar-refractivity contribution in [2.45, 2.75) is 37.5 Å². The predicted molar refractivity (Wildman–Crippen MR) is 178 cm³/mol. The van der Waals surface area contributed by atoms with Crippen LogP contribution >= 0.6 is 0 Å². The van der Waals surface area contributed by atoms with Gasteiger partial charge in [-0.3, -0.25) is 4.79 Å². The molecule has 2 aliphatic rings. The van der Waals surface area contributed by atoms with Gasteiger partial charge in [0.1, 0.15) is 0 Å². The maximum Gasteiger partial charge on any atom is 0.174 e. The van der Waals surface area contributed by atoms with Crippen molar-refractivity contribution in [1.29, 1.82) is 0 Å². The van der Waals surface area contributed by atoms with E-state index in [9.17, 15) is 4.79 Å². The number of Topliss-reactive ketones (excluding diaryl/α,β-unsaturated/α-hetero) is 1. The van der Waals surface area contributed by atoms with Gasteiger partial charge in [-0.1, -0.05) is 115 Å². The molecule has 0 atom stereocenters. The number of aryl methyl sites for hydroxylation is 1. The van der Waals surface area contributed by atoms with Crippen molar-refractivity contribution in [3.63, 3.8) is 0 Å². The summed E-state index contributed by atoms with van der Waals surface area (Å²) in [5.74, 6) is 0.262. The first-order valence-corrected chi connectivity index (χ1v) is 15.9. The molecule has 1 saturated heterocycles. The molecule has 1 heterocycles. The van der Waals surface area contributed by atoms with Crippen molar-refractivity contribution < 1.29 is 4.79 Å². The second kappa shape index (κ2) is 12.2. The van der Waals surface area contributed by atoms with Crippen LogP contribution in [0.4, 0.5) is 5.69 Å². The normalized spacial score (nSPS) is 16.5. The van der Waals surface area contributed by atoms with Gasteiger partial charge in [0, 0.05) is 36.3 Å². The van der Waals surface area contributed by atoms with Gasteiger partial charge >= 0.3 is 0 Å². The summed E-state index contributed by atoms with van der Waals surface area (Å²) < 4.78 is 0. The molecule has 0 amide bonds. The standard InChI is InChI=1S/C40H40N2O/c43-39-35-21-10-20-34-37(42-26-12-25-41(27-28-42)24-11-19-31-13-4-1-5-14-31)23-22-36(38(34)35)40(39,29-32-15-6-2-7-16-32)30-33-17-8-3-9-18-33/h1-10,13-18,20-23H,11-12,19,24-30H2. The highest BCUT2D eigenvalue weighted by Gasteiger charge is 2.47. The average Bonchev–Trinajstić information content (AvgIpc) is 3.18. The van der Waals surface area contributed by atoms with Crippen LogP contribution < -0.4 is 4.90 Å².